The third-order valence-electron chi connectivity index (χ3n) is 3.66. The second-order valence-corrected chi connectivity index (χ2v) is 5.65. The van der Waals surface area contributed by atoms with Crippen molar-refractivity contribution < 1.29 is 9.53 Å². The first kappa shape index (κ1) is 15.0. The minimum atomic E-state index is -0.381. The SMILES string of the molecule is COC(=O)C(NCCN(C)C)c1ccc(C2CC2)cc1. The lowest BCUT2D eigenvalue weighted by Gasteiger charge is -2.18. The highest BCUT2D eigenvalue weighted by Gasteiger charge is 2.25. The van der Waals surface area contributed by atoms with Gasteiger partial charge in [0.2, 0.25) is 0 Å². The molecule has 110 valence electrons. The van der Waals surface area contributed by atoms with Gasteiger partial charge >= 0.3 is 5.97 Å². The molecule has 0 saturated heterocycles. The largest absolute Gasteiger partial charge is 0.468 e. The third-order valence-corrected chi connectivity index (χ3v) is 3.66. The maximum absolute atomic E-state index is 11.9. The molecule has 1 aromatic carbocycles. The smallest absolute Gasteiger partial charge is 0.327 e. The molecule has 0 spiro atoms. The Morgan fingerprint density at radius 2 is 2.00 bits per heavy atom. The zero-order valence-corrected chi connectivity index (χ0v) is 12.6. The summed E-state index contributed by atoms with van der Waals surface area (Å²) in [4.78, 5) is 14.0. The molecule has 1 aliphatic carbocycles. The Balaban J connectivity index is 2.02. The number of nitrogens with zero attached hydrogens (tertiary/aromatic N) is 1. The molecule has 2 rings (SSSR count). The molecule has 0 bridgehead atoms. The number of hydrogen-bond donors (Lipinski definition) is 1. The summed E-state index contributed by atoms with van der Waals surface area (Å²) in [6.07, 6.45) is 2.59. The molecule has 0 radical (unpaired) electrons. The quantitative estimate of drug-likeness (QED) is 0.773. The van der Waals surface area contributed by atoms with E-state index in [0.717, 1.165) is 24.6 Å². The Hall–Kier alpha value is -1.39. The van der Waals surface area contributed by atoms with Crippen LogP contribution in [0.2, 0.25) is 0 Å². The summed E-state index contributed by atoms with van der Waals surface area (Å²) in [6, 6.07) is 7.97. The van der Waals surface area contributed by atoms with Crippen LogP contribution in [0.3, 0.4) is 0 Å². The predicted octanol–water partition coefficient (Wildman–Crippen LogP) is 1.93. The Labute approximate surface area is 121 Å². The molecule has 0 aliphatic heterocycles. The van der Waals surface area contributed by atoms with Crippen molar-refractivity contribution >= 4 is 5.97 Å². The molecule has 1 fully saturated rings. The number of hydrogen-bond acceptors (Lipinski definition) is 4. The maximum atomic E-state index is 11.9. The fraction of sp³-hybridized carbons (Fsp3) is 0.562. The Kier molecular flexibility index (Phi) is 5.15. The number of nitrogens with one attached hydrogen (secondary N) is 1. The molecular formula is C16H24N2O2. The molecule has 0 aromatic heterocycles. The van der Waals surface area contributed by atoms with Gasteiger partial charge in [-0.2, -0.15) is 0 Å². The van der Waals surface area contributed by atoms with Crippen molar-refractivity contribution in [1.82, 2.24) is 10.2 Å². The Bertz CT molecular complexity index is 438. The first-order valence-corrected chi connectivity index (χ1v) is 7.17. The van der Waals surface area contributed by atoms with Gasteiger partial charge in [-0.25, -0.2) is 4.79 Å². The number of likely N-dealkylation sites (N-methyl/N-ethyl adjacent to an activating group) is 1. The molecule has 1 saturated carbocycles. The molecule has 1 aromatic rings. The Morgan fingerprint density at radius 1 is 1.35 bits per heavy atom. The minimum Gasteiger partial charge on any atom is -0.468 e. The third kappa shape index (κ3) is 4.05. The van der Waals surface area contributed by atoms with Crippen molar-refractivity contribution in [2.45, 2.75) is 24.8 Å². The van der Waals surface area contributed by atoms with E-state index < -0.39 is 0 Å². The van der Waals surface area contributed by atoms with E-state index in [1.165, 1.54) is 25.5 Å². The molecule has 20 heavy (non-hydrogen) atoms. The summed E-state index contributed by atoms with van der Waals surface area (Å²) in [5.41, 5.74) is 2.35. The van der Waals surface area contributed by atoms with Crippen molar-refractivity contribution in [1.29, 1.82) is 0 Å². The van der Waals surface area contributed by atoms with Crippen LogP contribution in [0.25, 0.3) is 0 Å². The molecule has 1 atom stereocenters. The van der Waals surface area contributed by atoms with Crippen molar-refractivity contribution in [2.75, 3.05) is 34.3 Å². The number of methoxy groups -OCH3 is 1. The lowest BCUT2D eigenvalue weighted by atomic mass is 10.0. The van der Waals surface area contributed by atoms with Gasteiger partial charge in [0.15, 0.2) is 0 Å². The maximum Gasteiger partial charge on any atom is 0.327 e. The van der Waals surface area contributed by atoms with Gasteiger partial charge in [0, 0.05) is 13.1 Å². The molecule has 0 heterocycles. The highest BCUT2D eigenvalue weighted by molar-refractivity contribution is 5.77. The number of benzene rings is 1. The van der Waals surface area contributed by atoms with Crippen LogP contribution in [0.5, 0.6) is 0 Å². The first-order valence-electron chi connectivity index (χ1n) is 7.17. The van der Waals surface area contributed by atoms with Crippen LogP contribution in [-0.4, -0.2) is 45.2 Å². The van der Waals surface area contributed by atoms with Crippen LogP contribution < -0.4 is 5.32 Å². The number of carbonyl (C=O) groups is 1. The van der Waals surface area contributed by atoms with Gasteiger partial charge in [0.1, 0.15) is 6.04 Å². The van der Waals surface area contributed by atoms with E-state index in [1.54, 1.807) is 0 Å². The molecule has 4 heteroatoms. The van der Waals surface area contributed by atoms with Gasteiger partial charge in [-0.05, 0) is 44.0 Å². The summed E-state index contributed by atoms with van der Waals surface area (Å²) in [6.45, 7) is 1.63. The van der Waals surface area contributed by atoms with Crippen LogP contribution in [0, 0.1) is 0 Å². The summed E-state index contributed by atoms with van der Waals surface area (Å²) >= 11 is 0. The number of carbonyl (C=O) groups excluding carboxylic acids is 1. The fourth-order valence-corrected chi connectivity index (χ4v) is 2.26. The number of rotatable bonds is 7. The van der Waals surface area contributed by atoms with Crippen molar-refractivity contribution in [3.63, 3.8) is 0 Å². The van der Waals surface area contributed by atoms with Gasteiger partial charge < -0.3 is 9.64 Å². The number of ether oxygens (including phenoxy) is 1. The molecule has 0 amide bonds. The standard InChI is InChI=1S/C16H24N2O2/c1-18(2)11-10-17-15(16(19)20-3)14-8-6-13(7-9-14)12-4-5-12/h6-9,12,15,17H,4-5,10-11H2,1-3H3. The molecule has 4 nitrogen and oxygen atoms in total. The van der Waals surface area contributed by atoms with Gasteiger partial charge in [0.25, 0.3) is 0 Å². The lowest BCUT2D eigenvalue weighted by Crippen LogP contribution is -2.34. The van der Waals surface area contributed by atoms with Crippen LogP contribution in [0.15, 0.2) is 24.3 Å². The second-order valence-electron chi connectivity index (χ2n) is 5.65. The van der Waals surface area contributed by atoms with Crippen LogP contribution in [0.4, 0.5) is 0 Å². The van der Waals surface area contributed by atoms with E-state index >= 15 is 0 Å². The van der Waals surface area contributed by atoms with Gasteiger partial charge in [-0.3, -0.25) is 5.32 Å². The average Bonchev–Trinajstić information content (AvgIpc) is 3.27. The van der Waals surface area contributed by atoms with Gasteiger partial charge in [-0.15, -0.1) is 0 Å². The zero-order chi connectivity index (χ0) is 14.5. The monoisotopic (exact) mass is 276 g/mol. The molecule has 1 N–H and O–H groups in total. The Morgan fingerprint density at radius 3 is 2.50 bits per heavy atom. The average molecular weight is 276 g/mol. The van der Waals surface area contributed by atoms with Crippen LogP contribution in [-0.2, 0) is 9.53 Å². The van der Waals surface area contributed by atoms with E-state index in [0.29, 0.717) is 0 Å². The highest BCUT2D eigenvalue weighted by atomic mass is 16.5. The molecular weight excluding hydrogens is 252 g/mol. The number of esters is 1. The molecule has 1 aliphatic rings. The van der Waals surface area contributed by atoms with E-state index in [2.05, 4.69) is 22.3 Å². The van der Waals surface area contributed by atoms with E-state index in [-0.39, 0.29) is 12.0 Å². The second kappa shape index (κ2) is 6.86. The van der Waals surface area contributed by atoms with Crippen molar-refractivity contribution in [3.8, 4) is 0 Å². The van der Waals surface area contributed by atoms with Crippen LogP contribution in [0.1, 0.15) is 35.9 Å². The highest BCUT2D eigenvalue weighted by Crippen LogP contribution is 2.40. The van der Waals surface area contributed by atoms with Crippen molar-refractivity contribution in [3.05, 3.63) is 35.4 Å². The summed E-state index contributed by atoms with van der Waals surface area (Å²) in [7, 11) is 5.46. The fourth-order valence-electron chi connectivity index (χ4n) is 2.26. The topological polar surface area (TPSA) is 41.6 Å². The lowest BCUT2D eigenvalue weighted by molar-refractivity contribution is -0.143. The minimum absolute atomic E-state index is 0.233. The van der Waals surface area contributed by atoms with Crippen molar-refractivity contribution in [2.24, 2.45) is 0 Å². The molecule has 1 unspecified atom stereocenters. The summed E-state index contributed by atoms with van der Waals surface area (Å²) in [5.74, 6) is 0.505. The van der Waals surface area contributed by atoms with Crippen LogP contribution >= 0.6 is 0 Å². The summed E-state index contributed by atoms with van der Waals surface area (Å²) in [5, 5.41) is 3.27. The van der Waals surface area contributed by atoms with E-state index in [1.807, 2.05) is 26.2 Å². The van der Waals surface area contributed by atoms with E-state index in [9.17, 15) is 4.79 Å². The predicted molar refractivity (Wildman–Crippen MR) is 79.7 cm³/mol. The zero-order valence-electron chi connectivity index (χ0n) is 12.6. The van der Waals surface area contributed by atoms with E-state index in [4.69, 9.17) is 4.74 Å². The first-order chi connectivity index (χ1) is 9.61. The normalized spacial score (nSPS) is 16.2. The summed E-state index contributed by atoms with van der Waals surface area (Å²) < 4.78 is 4.90. The van der Waals surface area contributed by atoms with Gasteiger partial charge in [-0.1, -0.05) is 24.3 Å². The van der Waals surface area contributed by atoms with Gasteiger partial charge in [0.05, 0.1) is 7.11 Å².